The number of nitrogens with zero attached hydrogens (tertiary/aromatic N) is 5. The van der Waals surface area contributed by atoms with E-state index in [-0.39, 0.29) is 56.2 Å². The van der Waals surface area contributed by atoms with Gasteiger partial charge in [0.25, 0.3) is 11.8 Å². The van der Waals surface area contributed by atoms with Crippen molar-refractivity contribution in [2.24, 2.45) is 7.05 Å². The molecule has 1 fully saturated rings. The molecule has 0 unspecified atom stereocenters. The number of hydrogen-bond acceptors (Lipinski definition) is 7. The lowest BCUT2D eigenvalue weighted by Crippen LogP contribution is -2.58. The van der Waals surface area contributed by atoms with Crippen molar-refractivity contribution in [2.75, 3.05) is 30.7 Å². The van der Waals surface area contributed by atoms with E-state index in [1.54, 1.807) is 4.90 Å². The van der Waals surface area contributed by atoms with Crippen molar-refractivity contribution >= 4 is 34.8 Å². The van der Waals surface area contributed by atoms with Crippen LogP contribution in [0, 0.1) is 0 Å². The number of nitrogens with two attached hydrogens (primary N) is 1. The van der Waals surface area contributed by atoms with E-state index in [0.717, 1.165) is 6.20 Å². The minimum atomic E-state index is -4.78. The summed E-state index contributed by atoms with van der Waals surface area (Å²) in [6.07, 6.45) is -2.32. The van der Waals surface area contributed by atoms with E-state index in [1.165, 1.54) is 48.1 Å². The van der Waals surface area contributed by atoms with Crippen molar-refractivity contribution in [2.45, 2.75) is 25.6 Å². The zero-order valence-corrected chi connectivity index (χ0v) is 23.6. The Labute approximate surface area is 243 Å². The van der Waals surface area contributed by atoms with Gasteiger partial charge in [-0.25, -0.2) is 4.98 Å². The van der Waals surface area contributed by atoms with Crippen molar-refractivity contribution < 1.29 is 22.8 Å². The Morgan fingerprint density at radius 1 is 1.14 bits per heavy atom. The molecule has 2 amide bonds. The van der Waals surface area contributed by atoms with Crippen LogP contribution in [0.25, 0.3) is 22.6 Å². The van der Waals surface area contributed by atoms with E-state index in [9.17, 15) is 22.8 Å². The SMILES string of the molecule is Cn1c(-c2c(-c3ccc(N)cn3)n[nH]c2C(F)(F)F)cnc1C(=O)Nc1ccc(C(=O)N2CCNC(C)(C)C2)c(Cl)c1. The number of pyridine rings is 1. The highest BCUT2D eigenvalue weighted by molar-refractivity contribution is 6.34. The van der Waals surface area contributed by atoms with Gasteiger partial charge < -0.3 is 25.8 Å². The fourth-order valence-corrected chi connectivity index (χ4v) is 5.08. The maximum absolute atomic E-state index is 13.9. The summed E-state index contributed by atoms with van der Waals surface area (Å²) in [6, 6.07) is 7.42. The summed E-state index contributed by atoms with van der Waals surface area (Å²) in [6.45, 7) is 5.69. The molecule has 4 aromatic rings. The van der Waals surface area contributed by atoms with Crippen LogP contribution in [-0.4, -0.2) is 66.6 Å². The van der Waals surface area contributed by atoms with Crippen LogP contribution in [0.2, 0.25) is 5.02 Å². The van der Waals surface area contributed by atoms with Crippen molar-refractivity contribution in [1.82, 2.24) is 34.9 Å². The van der Waals surface area contributed by atoms with Crippen LogP contribution >= 0.6 is 11.6 Å². The number of nitrogen functional groups attached to an aromatic ring is 1. The maximum atomic E-state index is 13.9. The number of carbonyl (C=O) groups excluding carboxylic acids is 2. The highest BCUT2D eigenvalue weighted by Crippen LogP contribution is 2.40. The number of amides is 2. The molecule has 0 saturated carbocycles. The number of halogens is 4. The minimum absolute atomic E-state index is 0.0206. The molecule has 1 aliphatic rings. The van der Waals surface area contributed by atoms with E-state index in [1.807, 2.05) is 18.9 Å². The number of hydrogen-bond donors (Lipinski definition) is 4. The highest BCUT2D eigenvalue weighted by Gasteiger charge is 2.39. The van der Waals surface area contributed by atoms with Gasteiger partial charge in [-0.3, -0.25) is 19.7 Å². The average molecular weight is 602 g/mol. The normalized spacial score (nSPS) is 15.1. The Morgan fingerprint density at radius 3 is 2.55 bits per heavy atom. The molecule has 42 heavy (non-hydrogen) atoms. The van der Waals surface area contributed by atoms with Crippen LogP contribution in [0.5, 0.6) is 0 Å². The monoisotopic (exact) mass is 601 g/mol. The Balaban J connectivity index is 1.41. The molecular weight excluding hydrogens is 575 g/mol. The quantitative estimate of drug-likeness (QED) is 0.268. The molecule has 1 aliphatic heterocycles. The number of aromatic amines is 1. The number of carbonyl (C=O) groups is 2. The molecule has 0 aliphatic carbocycles. The number of anilines is 2. The smallest absolute Gasteiger partial charge is 0.397 e. The molecule has 5 rings (SSSR count). The summed E-state index contributed by atoms with van der Waals surface area (Å²) in [7, 11) is 1.41. The molecule has 220 valence electrons. The van der Waals surface area contributed by atoms with Gasteiger partial charge in [0.2, 0.25) is 0 Å². The molecule has 1 saturated heterocycles. The zero-order chi connectivity index (χ0) is 30.4. The fraction of sp³-hybridized carbons (Fsp3) is 0.296. The molecule has 0 bridgehead atoms. The first-order chi connectivity index (χ1) is 19.7. The van der Waals surface area contributed by atoms with Gasteiger partial charge in [-0.15, -0.1) is 0 Å². The highest BCUT2D eigenvalue weighted by atomic mass is 35.5. The van der Waals surface area contributed by atoms with E-state index in [0.29, 0.717) is 25.3 Å². The number of piperazine rings is 1. The van der Waals surface area contributed by atoms with E-state index >= 15 is 0 Å². The van der Waals surface area contributed by atoms with Gasteiger partial charge in [-0.05, 0) is 44.2 Å². The third-order valence-corrected chi connectivity index (χ3v) is 7.15. The van der Waals surface area contributed by atoms with Crippen LogP contribution in [0.4, 0.5) is 24.5 Å². The van der Waals surface area contributed by atoms with Gasteiger partial charge in [-0.2, -0.15) is 18.3 Å². The first-order valence-corrected chi connectivity index (χ1v) is 13.2. The van der Waals surface area contributed by atoms with E-state index in [4.69, 9.17) is 17.3 Å². The summed E-state index contributed by atoms with van der Waals surface area (Å²) in [5.74, 6) is -1.10. The fourth-order valence-electron chi connectivity index (χ4n) is 4.82. The number of alkyl halides is 3. The Bertz CT molecular complexity index is 1660. The number of H-pyrrole nitrogens is 1. The number of imidazole rings is 1. The molecule has 11 nitrogen and oxygen atoms in total. The Kier molecular flexibility index (Phi) is 7.45. The van der Waals surface area contributed by atoms with Crippen LogP contribution in [0.1, 0.15) is 40.5 Å². The molecule has 15 heteroatoms. The first kappa shape index (κ1) is 29.1. The van der Waals surface area contributed by atoms with Gasteiger partial charge in [-0.1, -0.05) is 11.6 Å². The van der Waals surface area contributed by atoms with E-state index < -0.39 is 17.8 Å². The van der Waals surface area contributed by atoms with Crippen molar-refractivity contribution in [3.63, 3.8) is 0 Å². The number of rotatable bonds is 5. The molecule has 4 heterocycles. The number of nitrogens with one attached hydrogen (secondary N) is 3. The third-order valence-electron chi connectivity index (χ3n) is 6.84. The first-order valence-electron chi connectivity index (χ1n) is 12.8. The average Bonchev–Trinajstić information content (AvgIpc) is 3.52. The van der Waals surface area contributed by atoms with E-state index in [2.05, 4.69) is 25.7 Å². The van der Waals surface area contributed by atoms with Gasteiger partial charge in [0.05, 0.1) is 45.6 Å². The van der Waals surface area contributed by atoms with Crippen molar-refractivity contribution in [3.05, 3.63) is 64.8 Å². The van der Waals surface area contributed by atoms with Gasteiger partial charge >= 0.3 is 6.18 Å². The van der Waals surface area contributed by atoms with Crippen LogP contribution < -0.4 is 16.4 Å². The van der Waals surface area contributed by atoms with Crippen molar-refractivity contribution in [1.29, 1.82) is 0 Å². The summed E-state index contributed by atoms with van der Waals surface area (Å²) < 4.78 is 43.0. The number of aromatic nitrogens is 5. The molecule has 0 atom stereocenters. The summed E-state index contributed by atoms with van der Waals surface area (Å²) in [5.41, 5.74) is 4.92. The Morgan fingerprint density at radius 2 is 1.90 bits per heavy atom. The zero-order valence-electron chi connectivity index (χ0n) is 22.8. The van der Waals surface area contributed by atoms with Crippen LogP contribution in [0.15, 0.2) is 42.7 Å². The maximum Gasteiger partial charge on any atom is 0.433 e. The molecule has 5 N–H and O–H groups in total. The minimum Gasteiger partial charge on any atom is -0.397 e. The molecule has 0 radical (unpaired) electrons. The molecule has 1 aromatic carbocycles. The molecule has 3 aromatic heterocycles. The molecular formula is C27H27ClF3N9O2. The van der Waals surface area contributed by atoms with Crippen molar-refractivity contribution in [3.8, 4) is 22.6 Å². The summed E-state index contributed by atoms with van der Waals surface area (Å²) >= 11 is 6.43. The topological polar surface area (TPSA) is 147 Å². The lowest BCUT2D eigenvalue weighted by molar-refractivity contribution is -0.140. The third kappa shape index (κ3) is 5.67. The summed E-state index contributed by atoms with van der Waals surface area (Å²) in [5, 5.41) is 12.0. The second kappa shape index (κ2) is 10.8. The van der Waals surface area contributed by atoms with Crippen LogP contribution in [0.3, 0.4) is 0 Å². The second-order valence-corrected chi connectivity index (χ2v) is 10.9. The largest absolute Gasteiger partial charge is 0.433 e. The Hall–Kier alpha value is -4.43. The summed E-state index contributed by atoms with van der Waals surface area (Å²) in [4.78, 5) is 36.1. The van der Waals surface area contributed by atoms with Gasteiger partial charge in [0.15, 0.2) is 5.82 Å². The van der Waals surface area contributed by atoms with Crippen LogP contribution in [-0.2, 0) is 13.2 Å². The van der Waals surface area contributed by atoms with Gasteiger partial charge in [0.1, 0.15) is 11.4 Å². The second-order valence-electron chi connectivity index (χ2n) is 10.5. The predicted molar refractivity (Wildman–Crippen MR) is 151 cm³/mol. The molecule has 0 spiro atoms. The lowest BCUT2D eigenvalue weighted by Gasteiger charge is -2.39. The number of benzene rings is 1. The predicted octanol–water partition coefficient (Wildman–Crippen LogP) is 4.20. The standard InChI is InChI=1S/C27H27ClF3N9O2/c1-26(2)13-40(9-8-35-26)25(42)16-6-5-15(10-17(16)28)36-24(41)23-34-12-19(39(23)3)20-21(18-7-4-14(32)11-33-18)37-38-22(20)27(29,30)31/h4-7,10-12,35H,8-9,13,32H2,1-3H3,(H,36,41)(H,37,38). The lowest BCUT2D eigenvalue weighted by atomic mass is 10.0. The van der Waals surface area contributed by atoms with Gasteiger partial charge in [0, 0.05) is 37.9 Å².